The molecule has 5 rings (SSSR count). The molecule has 0 saturated heterocycles. The standard InChI is InChI=1S/C30H36ClN3O3/c1-3-34(4-2)23-10-8-22(9-11-23)33-28-24-14-19(20-13-21(17-35)30(37)26(31)15-20)7-12-27(24)32-16-25(28)29(36)18-5-6-18/h7,12-16,18,22-23,35,37H,3-6,8-11,17H2,1-2H3,(H,32,33)/t22-,23-. The Hall–Kier alpha value is -2.67. The number of nitrogens with one attached hydrogen (secondary N) is 1. The SMILES string of the molecule is CCN(CC)[C@H]1CC[C@H](Nc2c(C(=O)C3CC3)cnc3ccc(-c4cc(Cl)c(O)c(CO)c4)cc23)CC1. The molecule has 2 aliphatic rings. The molecule has 2 saturated carbocycles. The normalized spacial score (nSPS) is 19.9. The van der Waals surface area contributed by atoms with Crippen LogP contribution in [0.5, 0.6) is 5.75 Å². The first-order valence-electron chi connectivity index (χ1n) is 13.5. The van der Waals surface area contributed by atoms with Gasteiger partial charge in [-0.3, -0.25) is 9.78 Å². The highest BCUT2D eigenvalue weighted by Gasteiger charge is 2.33. The van der Waals surface area contributed by atoms with Crippen molar-refractivity contribution >= 4 is 34.0 Å². The van der Waals surface area contributed by atoms with Crippen LogP contribution in [0.1, 0.15) is 68.3 Å². The molecular weight excluding hydrogens is 486 g/mol. The Kier molecular flexibility index (Phi) is 7.70. The predicted molar refractivity (Wildman–Crippen MR) is 149 cm³/mol. The van der Waals surface area contributed by atoms with E-state index in [1.165, 1.54) is 0 Å². The van der Waals surface area contributed by atoms with Gasteiger partial charge in [0.2, 0.25) is 0 Å². The van der Waals surface area contributed by atoms with Crippen molar-refractivity contribution in [2.75, 3.05) is 18.4 Å². The van der Waals surface area contributed by atoms with Gasteiger partial charge in [0, 0.05) is 35.1 Å². The molecule has 2 aliphatic carbocycles. The summed E-state index contributed by atoms with van der Waals surface area (Å²) in [4.78, 5) is 20.5. The van der Waals surface area contributed by atoms with E-state index in [1.807, 2.05) is 18.2 Å². The largest absolute Gasteiger partial charge is 0.506 e. The Balaban J connectivity index is 1.52. The van der Waals surface area contributed by atoms with Crippen LogP contribution < -0.4 is 5.32 Å². The van der Waals surface area contributed by atoms with Crippen LogP contribution in [0.4, 0.5) is 5.69 Å². The van der Waals surface area contributed by atoms with Gasteiger partial charge >= 0.3 is 0 Å². The molecule has 1 aromatic heterocycles. The zero-order valence-electron chi connectivity index (χ0n) is 21.6. The lowest BCUT2D eigenvalue weighted by Crippen LogP contribution is -2.40. The molecule has 37 heavy (non-hydrogen) atoms. The molecule has 2 fully saturated rings. The summed E-state index contributed by atoms with van der Waals surface area (Å²) in [6, 6.07) is 10.3. The molecular formula is C30H36ClN3O3. The molecule has 0 aliphatic heterocycles. The van der Waals surface area contributed by atoms with Gasteiger partial charge in [-0.2, -0.15) is 0 Å². The number of benzene rings is 2. The lowest BCUT2D eigenvalue weighted by Gasteiger charge is -2.36. The second-order valence-electron chi connectivity index (χ2n) is 10.4. The number of hydrogen-bond acceptors (Lipinski definition) is 6. The summed E-state index contributed by atoms with van der Waals surface area (Å²) in [5.41, 5.74) is 4.43. The van der Waals surface area contributed by atoms with Crippen LogP contribution in [0.25, 0.3) is 22.0 Å². The van der Waals surface area contributed by atoms with Crippen LogP contribution >= 0.6 is 11.6 Å². The number of ketones is 1. The third-order valence-electron chi connectivity index (χ3n) is 8.10. The quantitative estimate of drug-likeness (QED) is 0.282. The Morgan fingerprint density at radius 1 is 1.05 bits per heavy atom. The number of aliphatic hydroxyl groups is 1. The van der Waals surface area contributed by atoms with E-state index in [4.69, 9.17) is 11.6 Å². The fourth-order valence-electron chi connectivity index (χ4n) is 5.75. The van der Waals surface area contributed by atoms with Crippen LogP contribution in [-0.4, -0.2) is 51.1 Å². The summed E-state index contributed by atoms with van der Waals surface area (Å²) in [7, 11) is 0. The lowest BCUT2D eigenvalue weighted by atomic mass is 9.89. The van der Waals surface area contributed by atoms with Crippen LogP contribution in [0, 0.1) is 5.92 Å². The summed E-state index contributed by atoms with van der Waals surface area (Å²) in [5, 5.41) is 24.7. The van der Waals surface area contributed by atoms with Crippen LogP contribution in [-0.2, 0) is 6.61 Å². The van der Waals surface area contributed by atoms with Crippen molar-refractivity contribution in [3.05, 3.63) is 52.7 Å². The van der Waals surface area contributed by atoms with Crippen LogP contribution in [0.15, 0.2) is 36.5 Å². The molecule has 6 nitrogen and oxygen atoms in total. The number of nitrogens with zero attached hydrogens (tertiary/aromatic N) is 2. The fraction of sp³-hybridized carbons (Fsp3) is 0.467. The molecule has 0 spiro atoms. The Bertz CT molecular complexity index is 1290. The second-order valence-corrected chi connectivity index (χ2v) is 10.8. The van der Waals surface area contributed by atoms with Crippen molar-refractivity contribution in [2.24, 2.45) is 5.92 Å². The van der Waals surface area contributed by atoms with Gasteiger partial charge < -0.3 is 20.4 Å². The van der Waals surface area contributed by atoms with Gasteiger partial charge in [0.15, 0.2) is 5.78 Å². The summed E-state index contributed by atoms with van der Waals surface area (Å²) in [6.07, 6.45) is 8.06. The second kappa shape index (κ2) is 11.0. The van der Waals surface area contributed by atoms with Crippen molar-refractivity contribution in [3.63, 3.8) is 0 Å². The third-order valence-corrected chi connectivity index (χ3v) is 8.39. The molecule has 2 aromatic carbocycles. The molecule has 1 heterocycles. The summed E-state index contributed by atoms with van der Waals surface area (Å²) >= 11 is 6.26. The number of fused-ring (bicyclic) bond motifs is 1. The van der Waals surface area contributed by atoms with Crippen LogP contribution in [0.2, 0.25) is 5.02 Å². The van der Waals surface area contributed by atoms with Gasteiger partial charge in [-0.05, 0) is 87.0 Å². The monoisotopic (exact) mass is 521 g/mol. The molecule has 196 valence electrons. The smallest absolute Gasteiger partial charge is 0.169 e. The number of rotatable bonds is 9. The molecule has 0 atom stereocenters. The number of aromatic hydroxyl groups is 1. The minimum Gasteiger partial charge on any atom is -0.506 e. The molecule has 0 amide bonds. The molecule has 3 aromatic rings. The minimum absolute atomic E-state index is 0.101. The fourth-order valence-corrected chi connectivity index (χ4v) is 5.99. The van der Waals surface area contributed by atoms with E-state index in [0.29, 0.717) is 23.2 Å². The zero-order valence-corrected chi connectivity index (χ0v) is 22.4. The number of aromatic nitrogens is 1. The zero-order chi connectivity index (χ0) is 26.1. The average molecular weight is 522 g/mol. The van der Waals surface area contributed by atoms with Gasteiger partial charge in [0.05, 0.1) is 28.4 Å². The van der Waals surface area contributed by atoms with Gasteiger partial charge in [-0.15, -0.1) is 0 Å². The van der Waals surface area contributed by atoms with E-state index in [1.54, 1.807) is 18.3 Å². The van der Waals surface area contributed by atoms with E-state index < -0.39 is 0 Å². The topological polar surface area (TPSA) is 85.7 Å². The van der Waals surface area contributed by atoms with Gasteiger partial charge in [-0.25, -0.2) is 0 Å². The highest BCUT2D eigenvalue weighted by atomic mass is 35.5. The number of carbonyl (C=O) groups excluding carboxylic acids is 1. The molecule has 0 bridgehead atoms. The molecule has 7 heteroatoms. The average Bonchev–Trinajstić information content (AvgIpc) is 3.77. The maximum atomic E-state index is 13.3. The van der Waals surface area contributed by atoms with Crippen molar-refractivity contribution in [1.29, 1.82) is 0 Å². The van der Waals surface area contributed by atoms with Crippen molar-refractivity contribution in [3.8, 4) is 16.9 Å². The summed E-state index contributed by atoms with van der Waals surface area (Å²) < 4.78 is 0. The highest BCUT2D eigenvalue weighted by Crippen LogP contribution is 2.40. The van der Waals surface area contributed by atoms with Gasteiger partial charge in [-0.1, -0.05) is 31.5 Å². The van der Waals surface area contributed by atoms with Crippen LogP contribution in [0.3, 0.4) is 0 Å². The van der Waals surface area contributed by atoms with E-state index >= 15 is 0 Å². The first kappa shape index (κ1) is 26.0. The van der Waals surface area contributed by atoms with Crippen molar-refractivity contribution < 1.29 is 15.0 Å². The Morgan fingerprint density at radius 3 is 2.43 bits per heavy atom. The number of phenols is 1. The number of hydrogen-bond donors (Lipinski definition) is 3. The number of pyridine rings is 1. The van der Waals surface area contributed by atoms with Crippen molar-refractivity contribution in [2.45, 2.75) is 71.1 Å². The van der Waals surface area contributed by atoms with E-state index in [2.05, 4.69) is 29.0 Å². The number of anilines is 1. The Labute approximate surface area is 223 Å². The molecule has 0 radical (unpaired) electrons. The number of halogens is 1. The van der Waals surface area contributed by atoms with Gasteiger partial charge in [0.25, 0.3) is 0 Å². The summed E-state index contributed by atoms with van der Waals surface area (Å²) in [6.45, 7) is 6.31. The lowest BCUT2D eigenvalue weighted by molar-refractivity contribution is 0.0968. The number of aliphatic hydroxyl groups excluding tert-OH is 1. The number of Topliss-reactive ketones (excluding diaryl/α,β-unsaturated/α-hetero) is 1. The predicted octanol–water partition coefficient (Wildman–Crippen LogP) is 6.41. The van der Waals surface area contributed by atoms with E-state index in [-0.39, 0.29) is 29.1 Å². The highest BCUT2D eigenvalue weighted by molar-refractivity contribution is 6.32. The third kappa shape index (κ3) is 5.33. The first-order valence-corrected chi connectivity index (χ1v) is 13.9. The maximum absolute atomic E-state index is 13.3. The molecule has 3 N–H and O–H groups in total. The van der Waals surface area contributed by atoms with Crippen molar-refractivity contribution in [1.82, 2.24) is 9.88 Å². The summed E-state index contributed by atoms with van der Waals surface area (Å²) in [5.74, 6) is 0.175. The molecule has 0 unspecified atom stereocenters. The Morgan fingerprint density at radius 2 is 1.78 bits per heavy atom. The minimum atomic E-state index is -0.308. The maximum Gasteiger partial charge on any atom is 0.169 e. The number of carbonyl (C=O) groups is 1. The first-order chi connectivity index (χ1) is 17.9. The van der Waals surface area contributed by atoms with E-state index in [0.717, 1.165) is 79.3 Å². The van der Waals surface area contributed by atoms with E-state index in [9.17, 15) is 15.0 Å². The van der Waals surface area contributed by atoms with Gasteiger partial charge in [0.1, 0.15) is 5.75 Å².